The van der Waals surface area contributed by atoms with Gasteiger partial charge in [0.2, 0.25) is 0 Å². The number of aromatic nitrogens is 1. The molecule has 2 N–H and O–H groups in total. The first kappa shape index (κ1) is 20.4. The van der Waals surface area contributed by atoms with Gasteiger partial charge >= 0.3 is 0 Å². The van der Waals surface area contributed by atoms with Crippen LogP contribution in [0.25, 0.3) is 0 Å². The number of nitrogens with one attached hydrogen (secondary N) is 2. The molecule has 0 aliphatic rings. The Morgan fingerprint density at radius 3 is 2.52 bits per heavy atom. The molecule has 0 bridgehead atoms. The van der Waals surface area contributed by atoms with Crippen molar-refractivity contribution in [3.63, 3.8) is 0 Å². The molecule has 8 heteroatoms. The third-order valence-corrected chi connectivity index (χ3v) is 4.70. The van der Waals surface area contributed by atoms with Gasteiger partial charge in [0.15, 0.2) is 0 Å². The standard InChI is InChI=1S/C21H19N3O4S/c1-14-7-8-17(11-19(14)21(26)24-18-6-3-9-22-12-18)23-20(25)16-5-2-4-15(10-16)13-29(27)28/h2-12H,13H2,1H3,(H,23,25)(H,24,26)(H,27,28)/p-1. The van der Waals surface area contributed by atoms with Crippen LogP contribution >= 0.6 is 0 Å². The number of pyridine rings is 1. The maximum Gasteiger partial charge on any atom is 0.256 e. The van der Waals surface area contributed by atoms with Crippen LogP contribution in [0.4, 0.5) is 11.4 Å². The average molecular weight is 408 g/mol. The lowest BCUT2D eigenvalue weighted by atomic mass is 10.1. The molecule has 1 atom stereocenters. The monoisotopic (exact) mass is 408 g/mol. The molecule has 3 aromatic rings. The summed E-state index contributed by atoms with van der Waals surface area (Å²) in [5.41, 5.74) is 3.04. The van der Waals surface area contributed by atoms with Crippen molar-refractivity contribution in [1.29, 1.82) is 0 Å². The van der Waals surface area contributed by atoms with E-state index >= 15 is 0 Å². The number of hydrogen-bond acceptors (Lipinski definition) is 5. The van der Waals surface area contributed by atoms with Crippen molar-refractivity contribution in [2.45, 2.75) is 12.7 Å². The van der Waals surface area contributed by atoms with E-state index in [1.807, 2.05) is 0 Å². The fourth-order valence-corrected chi connectivity index (χ4v) is 3.17. The van der Waals surface area contributed by atoms with Gasteiger partial charge in [-0.15, -0.1) is 0 Å². The summed E-state index contributed by atoms with van der Waals surface area (Å²) >= 11 is -2.23. The summed E-state index contributed by atoms with van der Waals surface area (Å²) in [6.45, 7) is 1.80. The van der Waals surface area contributed by atoms with E-state index in [2.05, 4.69) is 15.6 Å². The molecule has 0 saturated heterocycles. The van der Waals surface area contributed by atoms with E-state index in [0.717, 1.165) is 5.56 Å². The van der Waals surface area contributed by atoms with Crippen molar-refractivity contribution >= 4 is 34.3 Å². The first-order valence-electron chi connectivity index (χ1n) is 8.70. The van der Waals surface area contributed by atoms with Gasteiger partial charge in [-0.1, -0.05) is 29.3 Å². The van der Waals surface area contributed by atoms with Gasteiger partial charge in [-0.05, 0) is 54.4 Å². The second-order valence-electron chi connectivity index (χ2n) is 6.33. The Labute approximate surface area is 170 Å². The Kier molecular flexibility index (Phi) is 6.48. The van der Waals surface area contributed by atoms with E-state index in [9.17, 15) is 18.4 Å². The normalized spacial score (nSPS) is 11.5. The Morgan fingerprint density at radius 2 is 1.79 bits per heavy atom. The fourth-order valence-electron chi connectivity index (χ4n) is 2.72. The van der Waals surface area contributed by atoms with Crippen LogP contribution < -0.4 is 10.6 Å². The van der Waals surface area contributed by atoms with Gasteiger partial charge in [-0.25, -0.2) is 0 Å². The van der Waals surface area contributed by atoms with Gasteiger partial charge in [0.05, 0.1) is 11.9 Å². The number of hydrogen-bond donors (Lipinski definition) is 2. The molecule has 0 spiro atoms. The second-order valence-corrected chi connectivity index (χ2v) is 7.22. The topological polar surface area (TPSA) is 111 Å². The van der Waals surface area contributed by atoms with Crippen molar-refractivity contribution in [3.8, 4) is 0 Å². The summed E-state index contributed by atoms with van der Waals surface area (Å²) < 4.78 is 21.7. The van der Waals surface area contributed by atoms with Crippen LogP contribution in [0.15, 0.2) is 67.0 Å². The van der Waals surface area contributed by atoms with Crippen LogP contribution in [0.1, 0.15) is 31.8 Å². The fraction of sp³-hybridized carbons (Fsp3) is 0.0952. The highest BCUT2D eigenvalue weighted by Gasteiger charge is 2.13. The number of carbonyl (C=O) groups is 2. The lowest BCUT2D eigenvalue weighted by Crippen LogP contribution is -2.16. The lowest BCUT2D eigenvalue weighted by molar-refractivity contribution is 0.101. The number of nitrogens with zero attached hydrogens (tertiary/aromatic N) is 1. The Morgan fingerprint density at radius 1 is 1.00 bits per heavy atom. The molecule has 3 rings (SSSR count). The van der Waals surface area contributed by atoms with Crippen LogP contribution in [0.3, 0.4) is 0 Å². The third kappa shape index (κ3) is 5.56. The van der Waals surface area contributed by atoms with Gasteiger partial charge in [-0.3, -0.25) is 18.8 Å². The van der Waals surface area contributed by atoms with Crippen molar-refractivity contribution in [3.05, 3.63) is 89.2 Å². The Bertz CT molecular complexity index is 1070. The molecule has 2 amide bonds. The SMILES string of the molecule is Cc1ccc(NC(=O)c2cccc(CS(=O)[O-])c2)cc1C(=O)Nc1cccnc1. The van der Waals surface area contributed by atoms with E-state index in [4.69, 9.17) is 0 Å². The summed E-state index contributed by atoms with van der Waals surface area (Å²) in [4.78, 5) is 29.1. The summed E-state index contributed by atoms with van der Waals surface area (Å²) in [6, 6.07) is 14.9. The van der Waals surface area contributed by atoms with Crippen molar-refractivity contribution in [1.82, 2.24) is 4.98 Å². The molecule has 0 aliphatic heterocycles. The highest BCUT2D eigenvalue weighted by Crippen LogP contribution is 2.18. The van der Waals surface area contributed by atoms with Crippen LogP contribution in [0, 0.1) is 6.92 Å². The molecular formula is C21H18N3O4S-. The Hall–Kier alpha value is -3.36. The minimum absolute atomic E-state index is 0.162. The lowest BCUT2D eigenvalue weighted by Gasteiger charge is -2.11. The average Bonchev–Trinajstić information content (AvgIpc) is 2.70. The van der Waals surface area contributed by atoms with Gasteiger partial charge in [0, 0.05) is 28.8 Å². The first-order valence-corrected chi connectivity index (χ1v) is 9.95. The zero-order valence-corrected chi connectivity index (χ0v) is 16.4. The van der Waals surface area contributed by atoms with Crippen LogP contribution in [0.2, 0.25) is 0 Å². The van der Waals surface area contributed by atoms with E-state index in [1.54, 1.807) is 67.8 Å². The highest BCUT2D eigenvalue weighted by atomic mass is 32.2. The molecule has 0 fully saturated rings. The molecule has 2 aromatic carbocycles. The molecule has 0 saturated carbocycles. The number of benzene rings is 2. The largest absolute Gasteiger partial charge is 0.772 e. The number of aryl methyl sites for hydroxylation is 1. The second kappa shape index (κ2) is 9.22. The first-order chi connectivity index (χ1) is 13.9. The molecule has 148 valence electrons. The predicted molar refractivity (Wildman–Crippen MR) is 110 cm³/mol. The minimum atomic E-state index is -2.23. The quantitative estimate of drug-likeness (QED) is 0.608. The van der Waals surface area contributed by atoms with Gasteiger partial charge < -0.3 is 15.2 Å². The number of amides is 2. The van der Waals surface area contributed by atoms with E-state index < -0.39 is 17.0 Å². The summed E-state index contributed by atoms with van der Waals surface area (Å²) in [7, 11) is 0. The molecule has 1 heterocycles. The molecule has 29 heavy (non-hydrogen) atoms. The van der Waals surface area contributed by atoms with Gasteiger partial charge in [0.25, 0.3) is 11.8 Å². The molecule has 1 aromatic heterocycles. The number of carbonyl (C=O) groups excluding carboxylic acids is 2. The zero-order valence-electron chi connectivity index (χ0n) is 15.5. The number of anilines is 2. The third-order valence-electron chi connectivity index (χ3n) is 4.13. The van der Waals surface area contributed by atoms with Gasteiger partial charge in [0.1, 0.15) is 0 Å². The molecule has 0 radical (unpaired) electrons. The summed E-state index contributed by atoms with van der Waals surface area (Å²) in [6.07, 6.45) is 3.15. The smallest absolute Gasteiger partial charge is 0.256 e. The van der Waals surface area contributed by atoms with Crippen molar-refractivity contribution in [2.75, 3.05) is 10.6 Å². The van der Waals surface area contributed by atoms with E-state index in [1.165, 1.54) is 6.07 Å². The van der Waals surface area contributed by atoms with Gasteiger partial charge in [-0.2, -0.15) is 0 Å². The van der Waals surface area contributed by atoms with E-state index in [0.29, 0.717) is 28.1 Å². The molecular weight excluding hydrogens is 390 g/mol. The van der Waals surface area contributed by atoms with Crippen LogP contribution in [-0.2, 0) is 16.8 Å². The summed E-state index contributed by atoms with van der Waals surface area (Å²) in [5, 5.41) is 5.50. The molecule has 0 aliphatic carbocycles. The number of rotatable bonds is 6. The minimum Gasteiger partial charge on any atom is -0.772 e. The Balaban J connectivity index is 1.76. The van der Waals surface area contributed by atoms with Crippen molar-refractivity contribution < 1.29 is 18.4 Å². The summed E-state index contributed by atoms with van der Waals surface area (Å²) in [5.74, 6) is -0.873. The molecule has 7 nitrogen and oxygen atoms in total. The maximum absolute atomic E-state index is 12.6. The molecule has 1 unspecified atom stereocenters. The highest BCUT2D eigenvalue weighted by molar-refractivity contribution is 7.78. The van der Waals surface area contributed by atoms with E-state index in [-0.39, 0.29) is 11.7 Å². The zero-order chi connectivity index (χ0) is 20.8. The van der Waals surface area contributed by atoms with Crippen LogP contribution in [-0.4, -0.2) is 25.6 Å². The predicted octanol–water partition coefficient (Wildman–Crippen LogP) is 3.27. The maximum atomic E-state index is 12.6. The van der Waals surface area contributed by atoms with Crippen LogP contribution in [0.5, 0.6) is 0 Å². The van der Waals surface area contributed by atoms with Crippen molar-refractivity contribution in [2.24, 2.45) is 0 Å².